The van der Waals surface area contributed by atoms with Crippen LogP contribution in [0.2, 0.25) is 5.02 Å². The number of terminal acetylenes is 1. The van der Waals surface area contributed by atoms with Crippen LogP contribution in [0.1, 0.15) is 15.9 Å². The average molecular weight is 375 g/mol. The Morgan fingerprint density at radius 3 is 2.80 bits per heavy atom. The van der Waals surface area contributed by atoms with Gasteiger partial charge >= 0.3 is 0 Å². The van der Waals surface area contributed by atoms with Gasteiger partial charge < -0.3 is 5.32 Å². The molecule has 7 heteroatoms. The Morgan fingerprint density at radius 1 is 1.28 bits per heavy atom. The number of nitrogens with zero attached hydrogens (tertiary/aromatic N) is 1. The van der Waals surface area contributed by atoms with Crippen molar-refractivity contribution in [2.24, 2.45) is 0 Å². The van der Waals surface area contributed by atoms with E-state index < -0.39 is 15.9 Å². The molecule has 0 atom stereocenters. The summed E-state index contributed by atoms with van der Waals surface area (Å²) >= 11 is 6.13. The number of sulfonamides is 1. The number of rotatable bonds is 4. The third-order valence-electron chi connectivity index (χ3n) is 3.96. The molecule has 1 N–H and O–H groups in total. The predicted molar refractivity (Wildman–Crippen MR) is 97.3 cm³/mol. The summed E-state index contributed by atoms with van der Waals surface area (Å²) in [6.07, 6.45) is 5.75. The highest BCUT2D eigenvalue weighted by Gasteiger charge is 2.32. The first-order chi connectivity index (χ1) is 11.9. The number of carbonyl (C=O) groups is 1. The number of anilines is 1. The maximum atomic E-state index is 13.1. The molecular weight excluding hydrogens is 360 g/mol. The summed E-state index contributed by atoms with van der Waals surface area (Å²) < 4.78 is 27.5. The van der Waals surface area contributed by atoms with E-state index in [1.165, 1.54) is 22.5 Å². The topological polar surface area (TPSA) is 66.5 Å². The fourth-order valence-corrected chi connectivity index (χ4v) is 4.76. The van der Waals surface area contributed by atoms with Crippen LogP contribution >= 0.6 is 11.6 Å². The average Bonchev–Trinajstić information content (AvgIpc) is 3.04. The Bertz CT molecular complexity index is 980. The van der Waals surface area contributed by atoms with Crippen LogP contribution in [0, 0.1) is 12.3 Å². The van der Waals surface area contributed by atoms with Gasteiger partial charge in [-0.2, -0.15) is 0 Å². The zero-order valence-electron chi connectivity index (χ0n) is 13.2. The molecule has 0 saturated carbocycles. The number of para-hydroxylation sites is 1. The quantitative estimate of drug-likeness (QED) is 0.836. The largest absolute Gasteiger partial charge is 0.341 e. The molecule has 1 heterocycles. The smallest absolute Gasteiger partial charge is 0.265 e. The molecule has 1 amide bonds. The van der Waals surface area contributed by atoms with Crippen molar-refractivity contribution in [2.75, 3.05) is 17.4 Å². The number of benzene rings is 2. The van der Waals surface area contributed by atoms with E-state index in [0.717, 1.165) is 5.56 Å². The molecule has 1 aliphatic heterocycles. The van der Waals surface area contributed by atoms with Gasteiger partial charge in [-0.3, -0.25) is 9.10 Å². The summed E-state index contributed by atoms with van der Waals surface area (Å²) in [5.74, 6) is 1.84. The van der Waals surface area contributed by atoms with Crippen LogP contribution in [0.3, 0.4) is 0 Å². The van der Waals surface area contributed by atoms with E-state index in [1.807, 2.05) is 12.1 Å². The second-order valence-electron chi connectivity index (χ2n) is 5.49. The molecule has 0 aromatic heterocycles. The predicted octanol–water partition coefficient (Wildman–Crippen LogP) is 2.45. The fraction of sp³-hybridized carbons (Fsp3) is 0.167. The maximum absolute atomic E-state index is 13.1. The van der Waals surface area contributed by atoms with E-state index >= 15 is 0 Å². The standard InChI is InChI=1S/C18H15ClN2O3S/c1-2-10-20-18(22)14-7-8-15(19)17(12-14)25(23,24)21-11-9-13-5-3-4-6-16(13)21/h1,3-8,12H,9-11H2,(H,20,22). The second kappa shape index (κ2) is 6.79. The fourth-order valence-electron chi connectivity index (χ4n) is 2.75. The van der Waals surface area contributed by atoms with Crippen LogP contribution in [-0.4, -0.2) is 27.4 Å². The van der Waals surface area contributed by atoms with Crippen LogP contribution in [0.25, 0.3) is 0 Å². The molecule has 0 fully saturated rings. The Morgan fingerprint density at radius 2 is 2.04 bits per heavy atom. The van der Waals surface area contributed by atoms with Crippen molar-refractivity contribution in [1.29, 1.82) is 0 Å². The summed E-state index contributed by atoms with van der Waals surface area (Å²) in [6.45, 7) is 0.397. The lowest BCUT2D eigenvalue weighted by Crippen LogP contribution is -2.30. The summed E-state index contributed by atoms with van der Waals surface area (Å²) in [5.41, 5.74) is 1.79. The maximum Gasteiger partial charge on any atom is 0.265 e. The number of hydrogen-bond acceptors (Lipinski definition) is 3. The Kier molecular flexibility index (Phi) is 4.71. The number of halogens is 1. The molecule has 0 radical (unpaired) electrons. The van der Waals surface area contributed by atoms with Gasteiger partial charge in [0.05, 0.1) is 17.3 Å². The van der Waals surface area contributed by atoms with Crippen LogP contribution in [0.5, 0.6) is 0 Å². The lowest BCUT2D eigenvalue weighted by atomic mass is 10.2. The van der Waals surface area contributed by atoms with Crippen molar-refractivity contribution in [2.45, 2.75) is 11.3 Å². The lowest BCUT2D eigenvalue weighted by Gasteiger charge is -2.20. The highest BCUT2D eigenvalue weighted by Crippen LogP contribution is 2.35. The minimum atomic E-state index is -3.88. The number of fused-ring (bicyclic) bond motifs is 1. The first-order valence-electron chi connectivity index (χ1n) is 7.57. The zero-order valence-corrected chi connectivity index (χ0v) is 14.8. The molecular formula is C18H15ClN2O3S. The highest BCUT2D eigenvalue weighted by atomic mass is 35.5. The molecule has 3 rings (SSSR count). The normalized spacial score (nSPS) is 13.2. The summed E-state index contributed by atoms with van der Waals surface area (Å²) in [7, 11) is -3.88. The summed E-state index contributed by atoms with van der Waals surface area (Å²) in [6, 6.07) is 11.5. The van der Waals surface area contributed by atoms with Gasteiger partial charge in [0, 0.05) is 12.1 Å². The van der Waals surface area contributed by atoms with Crippen molar-refractivity contribution in [3.05, 3.63) is 58.6 Å². The van der Waals surface area contributed by atoms with Gasteiger partial charge in [-0.1, -0.05) is 35.7 Å². The van der Waals surface area contributed by atoms with Crippen molar-refractivity contribution in [3.63, 3.8) is 0 Å². The first-order valence-corrected chi connectivity index (χ1v) is 9.39. The van der Waals surface area contributed by atoms with Gasteiger partial charge in [-0.15, -0.1) is 6.42 Å². The molecule has 0 bridgehead atoms. The Labute approximate surface area is 151 Å². The minimum Gasteiger partial charge on any atom is -0.341 e. The monoisotopic (exact) mass is 374 g/mol. The van der Waals surface area contributed by atoms with E-state index in [-0.39, 0.29) is 22.0 Å². The van der Waals surface area contributed by atoms with Crippen molar-refractivity contribution < 1.29 is 13.2 Å². The first kappa shape index (κ1) is 17.3. The van der Waals surface area contributed by atoms with Crippen LogP contribution in [0.15, 0.2) is 47.4 Å². The van der Waals surface area contributed by atoms with Crippen molar-refractivity contribution in [3.8, 4) is 12.3 Å². The third kappa shape index (κ3) is 3.21. The number of nitrogens with one attached hydrogen (secondary N) is 1. The molecule has 0 spiro atoms. The van der Waals surface area contributed by atoms with Crippen molar-refractivity contribution >= 4 is 33.2 Å². The molecule has 128 valence electrons. The zero-order chi connectivity index (χ0) is 18.0. The minimum absolute atomic E-state index is 0.0586. The summed E-state index contributed by atoms with van der Waals surface area (Å²) in [4.78, 5) is 12.0. The summed E-state index contributed by atoms with van der Waals surface area (Å²) in [5, 5.41) is 2.57. The Balaban J connectivity index is 2.01. The van der Waals surface area contributed by atoms with E-state index in [9.17, 15) is 13.2 Å². The van der Waals surface area contributed by atoms with Crippen LogP contribution in [-0.2, 0) is 16.4 Å². The molecule has 1 aliphatic rings. The van der Waals surface area contributed by atoms with Gasteiger partial charge in [0.1, 0.15) is 4.90 Å². The molecule has 2 aromatic carbocycles. The number of carbonyl (C=O) groups excluding carboxylic acids is 1. The Hall–Kier alpha value is -2.49. The van der Waals surface area contributed by atoms with Crippen molar-refractivity contribution in [1.82, 2.24) is 5.32 Å². The molecule has 2 aromatic rings. The van der Waals surface area contributed by atoms with E-state index in [1.54, 1.807) is 12.1 Å². The van der Waals surface area contributed by atoms with Crippen LogP contribution in [0.4, 0.5) is 5.69 Å². The van der Waals surface area contributed by atoms with E-state index in [0.29, 0.717) is 18.7 Å². The molecule has 25 heavy (non-hydrogen) atoms. The molecule has 0 aliphatic carbocycles. The van der Waals surface area contributed by atoms with Gasteiger partial charge in [0.15, 0.2) is 0 Å². The van der Waals surface area contributed by atoms with Gasteiger partial charge in [-0.25, -0.2) is 8.42 Å². The van der Waals surface area contributed by atoms with E-state index in [2.05, 4.69) is 11.2 Å². The lowest BCUT2D eigenvalue weighted by molar-refractivity contribution is 0.0958. The molecule has 0 unspecified atom stereocenters. The number of hydrogen-bond donors (Lipinski definition) is 1. The molecule has 5 nitrogen and oxygen atoms in total. The second-order valence-corrected chi connectivity index (χ2v) is 7.73. The number of amides is 1. The SMILES string of the molecule is C#CCNC(=O)c1ccc(Cl)c(S(=O)(=O)N2CCc3ccccc32)c1. The molecule has 0 saturated heterocycles. The van der Waals surface area contributed by atoms with E-state index in [4.69, 9.17) is 18.0 Å². The van der Waals surface area contributed by atoms with Gasteiger partial charge in [0.25, 0.3) is 15.9 Å². The van der Waals surface area contributed by atoms with Gasteiger partial charge in [0.2, 0.25) is 0 Å². The highest BCUT2D eigenvalue weighted by molar-refractivity contribution is 7.93. The van der Waals surface area contributed by atoms with Crippen LogP contribution < -0.4 is 9.62 Å². The third-order valence-corrected chi connectivity index (χ3v) is 6.25. The van der Waals surface area contributed by atoms with Gasteiger partial charge in [-0.05, 0) is 36.2 Å².